The number of hydrogen-bond acceptors (Lipinski definition) is 1. The maximum atomic E-state index is 4.33. The van der Waals surface area contributed by atoms with Crippen molar-refractivity contribution in [1.29, 1.82) is 0 Å². The normalized spacial score (nSPS) is 20.0. The van der Waals surface area contributed by atoms with E-state index in [1.165, 1.54) is 20.9 Å². The lowest BCUT2D eigenvalue weighted by molar-refractivity contribution is 0.721. The van der Waals surface area contributed by atoms with Crippen LogP contribution in [0.4, 0.5) is 0 Å². The molecule has 108 valence electrons. The molecule has 0 fully saturated rings. The molecule has 2 heteroatoms. The van der Waals surface area contributed by atoms with E-state index in [1.54, 1.807) is 0 Å². The highest BCUT2D eigenvalue weighted by Gasteiger charge is 2.34. The van der Waals surface area contributed by atoms with Gasteiger partial charge in [-0.05, 0) is 40.4 Å². The van der Waals surface area contributed by atoms with Crippen LogP contribution in [0, 0.1) is 0 Å². The molecule has 21 heavy (non-hydrogen) atoms. The molecular weight excluding hydrogens is 292 g/mol. The Kier molecular flexibility index (Phi) is 3.85. The Morgan fingerprint density at radius 1 is 0.952 bits per heavy atom. The lowest BCUT2D eigenvalue weighted by Crippen LogP contribution is -2.23. The molecule has 2 aromatic rings. The zero-order valence-corrected chi connectivity index (χ0v) is 14.3. The first-order valence-corrected chi connectivity index (χ1v) is 9.18. The van der Waals surface area contributed by atoms with Crippen molar-refractivity contribution in [2.75, 3.05) is 6.26 Å². The number of fused-ring (bicyclic) bond motifs is 1. The van der Waals surface area contributed by atoms with Crippen molar-refractivity contribution in [3.63, 3.8) is 0 Å². The van der Waals surface area contributed by atoms with Crippen LogP contribution in [0.15, 0.2) is 64.4 Å². The average molecular weight is 313 g/mol. The Hall–Kier alpha value is -1.25. The highest BCUT2D eigenvalue weighted by atomic mass is 32.2. The fourth-order valence-corrected chi connectivity index (χ4v) is 5.42. The molecule has 0 aliphatic carbocycles. The van der Waals surface area contributed by atoms with Crippen molar-refractivity contribution in [1.82, 2.24) is 0 Å². The molecule has 1 heterocycles. The van der Waals surface area contributed by atoms with E-state index < -0.39 is 0 Å². The van der Waals surface area contributed by atoms with Crippen LogP contribution >= 0.6 is 23.1 Å². The lowest BCUT2D eigenvalue weighted by atomic mass is 9.81. The van der Waals surface area contributed by atoms with Crippen molar-refractivity contribution in [3.05, 3.63) is 65.7 Å². The van der Waals surface area contributed by atoms with E-state index in [4.69, 9.17) is 0 Å². The molecule has 0 N–H and O–H groups in total. The molecule has 1 atom stereocenters. The van der Waals surface area contributed by atoms with Gasteiger partial charge in [-0.2, -0.15) is 10.5 Å². The number of allylic oxidation sites excluding steroid dienone is 1. The van der Waals surface area contributed by atoms with E-state index in [9.17, 15) is 0 Å². The molecular formula is C19H20S2. The Labute approximate surface area is 135 Å². The fraction of sp³-hybridized carbons (Fsp3) is 0.211. The first-order chi connectivity index (χ1) is 10.00. The van der Waals surface area contributed by atoms with Crippen molar-refractivity contribution >= 4 is 34.1 Å². The maximum Gasteiger partial charge on any atom is 0.0212 e. The molecule has 2 aromatic carbocycles. The monoisotopic (exact) mass is 312 g/mol. The van der Waals surface area contributed by atoms with E-state index in [0.29, 0.717) is 0 Å². The first kappa shape index (κ1) is 14.7. The quantitative estimate of drug-likeness (QED) is 0.428. The average Bonchev–Trinajstić information content (AvgIpc) is 2.67. The molecule has 0 saturated heterocycles. The van der Waals surface area contributed by atoms with E-state index in [-0.39, 0.29) is 15.9 Å². The fourth-order valence-electron chi connectivity index (χ4n) is 2.95. The van der Waals surface area contributed by atoms with E-state index in [2.05, 4.69) is 81.3 Å². The summed E-state index contributed by atoms with van der Waals surface area (Å²) in [7, 11) is 0.182. The molecule has 0 saturated carbocycles. The lowest BCUT2D eigenvalue weighted by Gasteiger charge is -2.22. The van der Waals surface area contributed by atoms with Crippen molar-refractivity contribution < 1.29 is 0 Å². The van der Waals surface area contributed by atoms with Crippen LogP contribution < -0.4 is 0 Å². The molecule has 0 aromatic heterocycles. The van der Waals surface area contributed by atoms with Gasteiger partial charge in [0.2, 0.25) is 0 Å². The van der Waals surface area contributed by atoms with Gasteiger partial charge in [-0.25, -0.2) is 0 Å². The topological polar surface area (TPSA) is 0 Å². The number of benzene rings is 2. The molecule has 1 unspecified atom stereocenters. The Morgan fingerprint density at radius 3 is 2.29 bits per heavy atom. The third-order valence-electron chi connectivity index (χ3n) is 4.16. The summed E-state index contributed by atoms with van der Waals surface area (Å²) in [5.74, 6) is 0. The van der Waals surface area contributed by atoms with E-state index >= 15 is 0 Å². The Balaban J connectivity index is 2.00. The summed E-state index contributed by atoms with van der Waals surface area (Å²) in [6, 6.07) is 17.1. The standard InChI is InChI=1S/C19H20S2/c1-19(2)16-6-4-5-7-17(16)21(3)18(19)13-10-14-8-11-15(20)12-9-14/h4-13,20H,1-3H3/b13-10+. The van der Waals surface area contributed by atoms with Crippen LogP contribution in [-0.4, -0.2) is 11.1 Å². The summed E-state index contributed by atoms with van der Waals surface area (Å²) < 4.78 is 0. The largest absolute Gasteiger partial charge is 0.153 e. The van der Waals surface area contributed by atoms with Crippen molar-refractivity contribution in [2.24, 2.45) is 0 Å². The minimum atomic E-state index is 0.119. The second kappa shape index (κ2) is 5.51. The van der Waals surface area contributed by atoms with Crippen molar-refractivity contribution in [3.8, 4) is 0 Å². The minimum Gasteiger partial charge on any atom is -0.153 e. The van der Waals surface area contributed by atoms with Crippen LogP contribution in [-0.2, 0) is 5.41 Å². The van der Waals surface area contributed by atoms with Gasteiger partial charge in [-0.3, -0.25) is 0 Å². The summed E-state index contributed by atoms with van der Waals surface area (Å²) in [6.07, 6.45) is 6.88. The zero-order valence-electron chi connectivity index (χ0n) is 12.6. The van der Waals surface area contributed by atoms with Crippen LogP contribution in [0.2, 0.25) is 0 Å². The van der Waals surface area contributed by atoms with Crippen LogP contribution in [0.25, 0.3) is 6.08 Å². The summed E-state index contributed by atoms with van der Waals surface area (Å²) in [6.45, 7) is 4.66. The molecule has 0 radical (unpaired) electrons. The summed E-state index contributed by atoms with van der Waals surface area (Å²) in [5, 5.41) is 0. The molecule has 0 amide bonds. The smallest absolute Gasteiger partial charge is 0.0212 e. The Morgan fingerprint density at radius 2 is 1.62 bits per heavy atom. The van der Waals surface area contributed by atoms with Crippen LogP contribution in [0.5, 0.6) is 0 Å². The third-order valence-corrected chi connectivity index (χ3v) is 6.78. The van der Waals surface area contributed by atoms with Gasteiger partial charge in [0.1, 0.15) is 0 Å². The molecule has 0 bridgehead atoms. The molecule has 0 spiro atoms. The second-order valence-electron chi connectivity index (χ2n) is 5.92. The van der Waals surface area contributed by atoms with Gasteiger partial charge in [0, 0.05) is 15.2 Å². The predicted molar refractivity (Wildman–Crippen MR) is 99.0 cm³/mol. The van der Waals surface area contributed by atoms with Crippen LogP contribution in [0.1, 0.15) is 25.0 Å². The first-order valence-electron chi connectivity index (χ1n) is 7.10. The maximum absolute atomic E-state index is 4.33. The number of rotatable bonds is 2. The highest BCUT2D eigenvalue weighted by molar-refractivity contribution is 8.16. The van der Waals surface area contributed by atoms with E-state index in [1.807, 2.05) is 12.1 Å². The minimum absolute atomic E-state index is 0.119. The molecule has 1 aliphatic heterocycles. The van der Waals surface area contributed by atoms with E-state index in [0.717, 1.165) is 4.90 Å². The van der Waals surface area contributed by atoms with Crippen LogP contribution in [0.3, 0.4) is 0 Å². The van der Waals surface area contributed by atoms with Gasteiger partial charge in [0.25, 0.3) is 0 Å². The SMILES string of the molecule is CS1=C(/C=C/c2ccc(S)cc2)C(C)(C)c2ccccc21. The third kappa shape index (κ3) is 2.63. The zero-order chi connectivity index (χ0) is 15.0. The van der Waals surface area contributed by atoms with Gasteiger partial charge in [0.15, 0.2) is 0 Å². The molecule has 0 nitrogen and oxygen atoms in total. The summed E-state index contributed by atoms with van der Waals surface area (Å²) >= 11 is 4.33. The summed E-state index contributed by atoms with van der Waals surface area (Å²) in [4.78, 5) is 4.01. The number of thiol groups is 1. The Bertz CT molecular complexity index is 734. The second-order valence-corrected chi connectivity index (χ2v) is 8.34. The van der Waals surface area contributed by atoms with Gasteiger partial charge in [-0.15, -0.1) is 12.6 Å². The van der Waals surface area contributed by atoms with Crippen molar-refractivity contribution in [2.45, 2.75) is 29.1 Å². The van der Waals surface area contributed by atoms with Gasteiger partial charge < -0.3 is 0 Å². The van der Waals surface area contributed by atoms with Gasteiger partial charge >= 0.3 is 0 Å². The summed E-state index contributed by atoms with van der Waals surface area (Å²) in [5.41, 5.74) is 2.82. The van der Waals surface area contributed by atoms with Gasteiger partial charge in [-0.1, -0.05) is 56.3 Å². The van der Waals surface area contributed by atoms with Gasteiger partial charge in [0.05, 0.1) is 0 Å². The molecule has 1 aliphatic rings. The number of hydrogen-bond donors (Lipinski definition) is 1. The molecule has 3 rings (SSSR count). The predicted octanol–water partition coefficient (Wildman–Crippen LogP) is 5.41. The highest BCUT2D eigenvalue weighted by Crippen LogP contribution is 2.46.